The van der Waals surface area contributed by atoms with Crippen LogP contribution in [0, 0.1) is 18.8 Å². The molecule has 1 aromatic rings. The van der Waals surface area contributed by atoms with Gasteiger partial charge in [0.1, 0.15) is 0 Å². The number of aryl methyl sites for hydroxylation is 1. The fourth-order valence-electron chi connectivity index (χ4n) is 3.26. The predicted molar refractivity (Wildman–Crippen MR) is 94.7 cm³/mol. The van der Waals surface area contributed by atoms with E-state index in [0.717, 1.165) is 16.2 Å². The third-order valence-corrected chi connectivity index (χ3v) is 4.75. The standard InChI is InChI=1S/C18H24F3N3O3/c1-3-23(13-6-4-5-12(2)9-13)8-7-22-17(27)24-10-14(16(25)26)15(11-24)18(19,20)21/h4-6,9,14-15H,3,7-8,10-11H2,1-2H3,(H,22,27)(H,25,26)/t14-,15-/m1/s1. The first-order valence-corrected chi connectivity index (χ1v) is 8.77. The summed E-state index contributed by atoms with van der Waals surface area (Å²) in [4.78, 5) is 26.2. The topological polar surface area (TPSA) is 72.9 Å². The molecule has 1 aliphatic rings. The molecule has 0 radical (unpaired) electrons. The van der Waals surface area contributed by atoms with Crippen LogP contribution in [0.15, 0.2) is 24.3 Å². The van der Waals surface area contributed by atoms with Crippen molar-refractivity contribution in [2.45, 2.75) is 20.0 Å². The van der Waals surface area contributed by atoms with E-state index in [9.17, 15) is 22.8 Å². The summed E-state index contributed by atoms with van der Waals surface area (Å²) >= 11 is 0. The number of carboxylic acid groups (broad SMARTS) is 1. The van der Waals surface area contributed by atoms with Crippen LogP contribution in [0.25, 0.3) is 0 Å². The minimum Gasteiger partial charge on any atom is -0.481 e. The van der Waals surface area contributed by atoms with Crippen molar-refractivity contribution in [1.29, 1.82) is 0 Å². The van der Waals surface area contributed by atoms with Crippen molar-refractivity contribution in [3.8, 4) is 0 Å². The number of aliphatic carboxylic acids is 1. The monoisotopic (exact) mass is 387 g/mol. The van der Waals surface area contributed by atoms with Gasteiger partial charge in [-0.3, -0.25) is 4.79 Å². The molecule has 1 fully saturated rings. The van der Waals surface area contributed by atoms with Gasteiger partial charge >= 0.3 is 18.2 Å². The number of anilines is 1. The van der Waals surface area contributed by atoms with E-state index in [1.807, 2.05) is 43.0 Å². The molecular weight excluding hydrogens is 363 g/mol. The molecule has 2 amide bonds. The van der Waals surface area contributed by atoms with Crippen molar-refractivity contribution in [3.05, 3.63) is 29.8 Å². The number of hydrogen-bond donors (Lipinski definition) is 2. The summed E-state index contributed by atoms with van der Waals surface area (Å²) in [7, 11) is 0. The molecule has 2 atom stereocenters. The number of likely N-dealkylation sites (tertiary alicyclic amines) is 1. The minimum atomic E-state index is -4.65. The molecule has 0 aromatic heterocycles. The van der Waals surface area contributed by atoms with Crippen LogP contribution in [-0.2, 0) is 4.79 Å². The highest BCUT2D eigenvalue weighted by Crippen LogP contribution is 2.37. The maximum atomic E-state index is 13.0. The van der Waals surface area contributed by atoms with Crippen molar-refractivity contribution in [3.63, 3.8) is 0 Å². The summed E-state index contributed by atoms with van der Waals surface area (Å²) in [6.45, 7) is 4.30. The number of carboxylic acids is 1. The van der Waals surface area contributed by atoms with Gasteiger partial charge in [0, 0.05) is 38.4 Å². The van der Waals surface area contributed by atoms with E-state index in [4.69, 9.17) is 5.11 Å². The van der Waals surface area contributed by atoms with E-state index in [1.165, 1.54) is 0 Å². The number of amides is 2. The number of benzene rings is 1. The van der Waals surface area contributed by atoms with Gasteiger partial charge in [0.25, 0.3) is 0 Å². The molecule has 9 heteroatoms. The third-order valence-electron chi connectivity index (χ3n) is 4.75. The van der Waals surface area contributed by atoms with Crippen LogP contribution in [-0.4, -0.2) is 60.9 Å². The number of urea groups is 1. The molecule has 2 N–H and O–H groups in total. The van der Waals surface area contributed by atoms with Crippen molar-refractivity contribution in [1.82, 2.24) is 10.2 Å². The molecule has 0 spiro atoms. The summed E-state index contributed by atoms with van der Waals surface area (Å²) in [5.74, 6) is -5.21. The molecule has 0 unspecified atom stereocenters. The Balaban J connectivity index is 1.91. The maximum absolute atomic E-state index is 13.0. The van der Waals surface area contributed by atoms with Crippen LogP contribution in [0.5, 0.6) is 0 Å². The van der Waals surface area contributed by atoms with E-state index in [2.05, 4.69) is 5.32 Å². The summed E-state index contributed by atoms with van der Waals surface area (Å²) in [6.07, 6.45) is -4.65. The summed E-state index contributed by atoms with van der Waals surface area (Å²) in [5.41, 5.74) is 2.10. The van der Waals surface area contributed by atoms with Crippen LogP contribution < -0.4 is 10.2 Å². The van der Waals surface area contributed by atoms with Crippen LogP contribution in [0.4, 0.5) is 23.7 Å². The molecule has 1 saturated heterocycles. The Labute approximate surface area is 155 Å². The lowest BCUT2D eigenvalue weighted by molar-refractivity contribution is -0.187. The lowest BCUT2D eigenvalue weighted by atomic mass is 9.96. The molecule has 6 nitrogen and oxygen atoms in total. The summed E-state index contributed by atoms with van der Waals surface area (Å²) in [6, 6.07) is 7.19. The van der Waals surface area contributed by atoms with Crippen molar-refractivity contribution in [2.75, 3.05) is 37.6 Å². The SMILES string of the molecule is CCN(CCNC(=O)N1C[C@@H](C(F)(F)F)[C@H](C(=O)O)C1)c1cccc(C)c1. The average Bonchev–Trinajstić information content (AvgIpc) is 3.04. The number of likely N-dealkylation sites (N-methyl/N-ethyl adjacent to an activating group) is 1. The molecular formula is C18H24F3N3O3. The van der Waals surface area contributed by atoms with E-state index >= 15 is 0 Å². The zero-order chi connectivity index (χ0) is 20.2. The zero-order valence-corrected chi connectivity index (χ0v) is 15.3. The van der Waals surface area contributed by atoms with Gasteiger partial charge in [-0.2, -0.15) is 13.2 Å². The van der Waals surface area contributed by atoms with E-state index in [-0.39, 0.29) is 6.54 Å². The minimum absolute atomic E-state index is 0.242. The van der Waals surface area contributed by atoms with Crippen LogP contribution >= 0.6 is 0 Å². The molecule has 150 valence electrons. The molecule has 1 aliphatic heterocycles. The van der Waals surface area contributed by atoms with Crippen molar-refractivity contribution in [2.24, 2.45) is 11.8 Å². The van der Waals surface area contributed by atoms with E-state index in [0.29, 0.717) is 13.1 Å². The van der Waals surface area contributed by atoms with Crippen LogP contribution in [0.3, 0.4) is 0 Å². The van der Waals surface area contributed by atoms with E-state index < -0.39 is 43.1 Å². The third kappa shape index (κ3) is 5.27. The van der Waals surface area contributed by atoms with Gasteiger partial charge in [-0.1, -0.05) is 12.1 Å². The number of carbonyl (C=O) groups is 2. The highest BCUT2D eigenvalue weighted by atomic mass is 19.4. The van der Waals surface area contributed by atoms with Gasteiger partial charge in [-0.15, -0.1) is 0 Å². The number of nitrogens with zero attached hydrogens (tertiary/aromatic N) is 2. The first-order chi connectivity index (χ1) is 12.6. The Kier molecular flexibility index (Phi) is 6.56. The Morgan fingerprint density at radius 2 is 2.04 bits per heavy atom. The maximum Gasteiger partial charge on any atom is 0.394 e. The second-order valence-corrected chi connectivity index (χ2v) is 6.65. The quantitative estimate of drug-likeness (QED) is 0.787. The van der Waals surface area contributed by atoms with Crippen molar-refractivity contribution >= 4 is 17.7 Å². The lowest BCUT2D eigenvalue weighted by Crippen LogP contribution is -2.42. The molecule has 1 aromatic carbocycles. The number of hydrogen-bond acceptors (Lipinski definition) is 3. The van der Waals surface area contributed by atoms with Gasteiger partial charge in [0.2, 0.25) is 0 Å². The predicted octanol–water partition coefficient (Wildman–Crippen LogP) is 2.73. The average molecular weight is 387 g/mol. The van der Waals surface area contributed by atoms with Gasteiger partial charge in [-0.25, -0.2) is 4.79 Å². The van der Waals surface area contributed by atoms with Gasteiger partial charge < -0.3 is 20.2 Å². The van der Waals surface area contributed by atoms with E-state index in [1.54, 1.807) is 0 Å². The second-order valence-electron chi connectivity index (χ2n) is 6.65. The van der Waals surface area contributed by atoms with Crippen molar-refractivity contribution < 1.29 is 27.9 Å². The molecule has 27 heavy (non-hydrogen) atoms. The van der Waals surface area contributed by atoms with Gasteiger partial charge in [0.05, 0.1) is 11.8 Å². The molecule has 1 heterocycles. The fourth-order valence-corrected chi connectivity index (χ4v) is 3.26. The first-order valence-electron chi connectivity index (χ1n) is 8.77. The van der Waals surface area contributed by atoms with Crippen LogP contribution in [0.2, 0.25) is 0 Å². The zero-order valence-electron chi connectivity index (χ0n) is 15.3. The smallest absolute Gasteiger partial charge is 0.394 e. The number of alkyl halides is 3. The summed E-state index contributed by atoms with van der Waals surface area (Å²) < 4.78 is 39.0. The molecule has 0 saturated carbocycles. The Morgan fingerprint density at radius 1 is 1.33 bits per heavy atom. The summed E-state index contributed by atoms with van der Waals surface area (Å²) in [5, 5.41) is 11.6. The fraction of sp³-hybridized carbons (Fsp3) is 0.556. The van der Waals surface area contributed by atoms with Crippen LogP contribution in [0.1, 0.15) is 12.5 Å². The highest BCUT2D eigenvalue weighted by Gasteiger charge is 2.53. The second kappa shape index (κ2) is 8.49. The first kappa shape index (κ1) is 20.9. The molecule has 0 bridgehead atoms. The highest BCUT2D eigenvalue weighted by molar-refractivity contribution is 5.77. The molecule has 0 aliphatic carbocycles. The van der Waals surface area contributed by atoms with Gasteiger partial charge in [-0.05, 0) is 31.5 Å². The number of rotatable bonds is 6. The lowest BCUT2D eigenvalue weighted by Gasteiger charge is -2.24. The Bertz CT molecular complexity index is 681. The Hall–Kier alpha value is -2.45. The molecule has 2 rings (SSSR count). The normalized spacial score (nSPS) is 19.8. The number of nitrogens with one attached hydrogen (secondary N) is 1. The van der Waals surface area contributed by atoms with Gasteiger partial charge in [0.15, 0.2) is 0 Å². The Morgan fingerprint density at radius 3 is 2.56 bits per heavy atom. The largest absolute Gasteiger partial charge is 0.481 e. The number of carbonyl (C=O) groups excluding carboxylic acids is 1. The number of halogens is 3.